The SMILES string of the molecule is CC1CN(C(=O)c2ccc(F)c(S)c2)CC(C)O1. The predicted molar refractivity (Wildman–Crippen MR) is 69.6 cm³/mol. The molecule has 2 atom stereocenters. The van der Waals surface area contributed by atoms with Gasteiger partial charge < -0.3 is 9.64 Å². The van der Waals surface area contributed by atoms with Gasteiger partial charge in [-0.05, 0) is 32.0 Å². The fourth-order valence-corrected chi connectivity index (χ4v) is 2.39. The summed E-state index contributed by atoms with van der Waals surface area (Å²) in [5.74, 6) is -0.522. The molecular formula is C13H16FNO2S. The summed E-state index contributed by atoms with van der Waals surface area (Å²) in [7, 11) is 0. The maximum Gasteiger partial charge on any atom is 0.254 e. The number of thiol groups is 1. The summed E-state index contributed by atoms with van der Waals surface area (Å²) in [6.07, 6.45) is 0.0437. The average molecular weight is 269 g/mol. The highest BCUT2D eigenvalue weighted by molar-refractivity contribution is 7.80. The van der Waals surface area contributed by atoms with E-state index in [9.17, 15) is 9.18 Å². The van der Waals surface area contributed by atoms with Crippen molar-refractivity contribution in [1.29, 1.82) is 0 Å². The molecule has 1 aromatic carbocycles. The van der Waals surface area contributed by atoms with Crippen LogP contribution in [0.2, 0.25) is 0 Å². The molecule has 0 bridgehead atoms. The maximum absolute atomic E-state index is 13.1. The van der Waals surface area contributed by atoms with Gasteiger partial charge in [-0.25, -0.2) is 4.39 Å². The quantitative estimate of drug-likeness (QED) is 0.793. The van der Waals surface area contributed by atoms with Gasteiger partial charge in [0.05, 0.1) is 12.2 Å². The Morgan fingerprint density at radius 3 is 2.56 bits per heavy atom. The first-order chi connectivity index (χ1) is 8.47. The standard InChI is InChI=1S/C13H16FNO2S/c1-8-6-15(7-9(2)17-8)13(16)10-3-4-11(14)12(18)5-10/h3-5,8-9,18H,6-7H2,1-2H3. The summed E-state index contributed by atoms with van der Waals surface area (Å²) in [5.41, 5.74) is 0.461. The monoisotopic (exact) mass is 269 g/mol. The number of morpholine rings is 1. The minimum atomic E-state index is -0.418. The third-order valence-corrected chi connectivity index (χ3v) is 3.24. The molecule has 0 spiro atoms. The van der Waals surface area contributed by atoms with Gasteiger partial charge in [-0.1, -0.05) is 0 Å². The van der Waals surface area contributed by atoms with E-state index in [-0.39, 0.29) is 23.0 Å². The Kier molecular flexibility index (Phi) is 3.92. The Hall–Kier alpha value is -1.07. The zero-order chi connectivity index (χ0) is 13.3. The predicted octanol–water partition coefficient (Wildman–Crippen LogP) is 2.36. The Balaban J connectivity index is 2.17. The summed E-state index contributed by atoms with van der Waals surface area (Å²) in [5, 5.41) is 0. The van der Waals surface area contributed by atoms with Gasteiger partial charge in [-0.2, -0.15) is 0 Å². The van der Waals surface area contributed by atoms with Crippen molar-refractivity contribution in [2.45, 2.75) is 31.0 Å². The molecule has 1 aromatic rings. The topological polar surface area (TPSA) is 29.5 Å². The van der Waals surface area contributed by atoms with Crippen LogP contribution in [0.1, 0.15) is 24.2 Å². The number of carbonyl (C=O) groups is 1. The van der Waals surface area contributed by atoms with E-state index in [0.29, 0.717) is 18.7 Å². The highest BCUT2D eigenvalue weighted by Crippen LogP contribution is 2.18. The van der Waals surface area contributed by atoms with E-state index in [1.165, 1.54) is 18.2 Å². The Labute approximate surface area is 111 Å². The lowest BCUT2D eigenvalue weighted by Crippen LogP contribution is -2.48. The van der Waals surface area contributed by atoms with E-state index in [1.54, 1.807) is 4.90 Å². The molecule has 98 valence electrons. The highest BCUT2D eigenvalue weighted by atomic mass is 32.1. The van der Waals surface area contributed by atoms with Gasteiger partial charge in [0.1, 0.15) is 5.82 Å². The van der Waals surface area contributed by atoms with Crippen molar-refractivity contribution in [3.05, 3.63) is 29.6 Å². The molecule has 1 heterocycles. The van der Waals surface area contributed by atoms with Crippen LogP contribution in [0, 0.1) is 5.82 Å². The number of hydrogen-bond acceptors (Lipinski definition) is 3. The largest absolute Gasteiger partial charge is 0.372 e. The number of hydrogen-bond donors (Lipinski definition) is 1. The van der Waals surface area contributed by atoms with E-state index in [4.69, 9.17) is 4.74 Å². The normalized spacial score (nSPS) is 24.1. The van der Waals surface area contributed by atoms with E-state index >= 15 is 0 Å². The summed E-state index contributed by atoms with van der Waals surface area (Å²) in [6, 6.07) is 4.22. The first kappa shape index (κ1) is 13.4. The molecule has 1 saturated heterocycles. The lowest BCUT2D eigenvalue weighted by atomic mass is 10.1. The van der Waals surface area contributed by atoms with Crippen molar-refractivity contribution in [3.63, 3.8) is 0 Å². The minimum absolute atomic E-state index is 0.0219. The van der Waals surface area contributed by atoms with Crippen LogP contribution in [0.15, 0.2) is 23.1 Å². The van der Waals surface area contributed by atoms with Crippen LogP contribution in [0.4, 0.5) is 4.39 Å². The number of nitrogens with zero attached hydrogens (tertiary/aromatic N) is 1. The Morgan fingerprint density at radius 2 is 2.00 bits per heavy atom. The molecule has 1 aliphatic rings. The first-order valence-corrected chi connectivity index (χ1v) is 6.35. The smallest absolute Gasteiger partial charge is 0.254 e. The number of ether oxygens (including phenoxy) is 1. The van der Waals surface area contributed by atoms with E-state index in [2.05, 4.69) is 12.6 Å². The van der Waals surface area contributed by atoms with Crippen LogP contribution in [0.5, 0.6) is 0 Å². The minimum Gasteiger partial charge on any atom is -0.372 e. The van der Waals surface area contributed by atoms with E-state index in [0.717, 1.165) is 0 Å². The van der Waals surface area contributed by atoms with Gasteiger partial charge >= 0.3 is 0 Å². The van der Waals surface area contributed by atoms with Crippen molar-refractivity contribution < 1.29 is 13.9 Å². The van der Waals surface area contributed by atoms with Crippen molar-refractivity contribution in [2.75, 3.05) is 13.1 Å². The van der Waals surface area contributed by atoms with E-state index in [1.807, 2.05) is 13.8 Å². The average Bonchev–Trinajstić information content (AvgIpc) is 2.30. The third kappa shape index (κ3) is 2.84. The van der Waals surface area contributed by atoms with Gasteiger partial charge in [-0.3, -0.25) is 4.79 Å². The van der Waals surface area contributed by atoms with Crippen LogP contribution in [-0.2, 0) is 4.74 Å². The molecule has 0 saturated carbocycles. The molecule has 5 heteroatoms. The van der Waals surface area contributed by atoms with Crippen molar-refractivity contribution in [3.8, 4) is 0 Å². The molecule has 1 fully saturated rings. The molecule has 18 heavy (non-hydrogen) atoms. The van der Waals surface area contributed by atoms with Gasteiger partial charge in [0.25, 0.3) is 5.91 Å². The van der Waals surface area contributed by atoms with Gasteiger partial charge in [-0.15, -0.1) is 12.6 Å². The van der Waals surface area contributed by atoms with Gasteiger partial charge in [0.15, 0.2) is 0 Å². The summed E-state index contributed by atoms with van der Waals surface area (Å²) >= 11 is 3.99. The maximum atomic E-state index is 13.1. The lowest BCUT2D eigenvalue weighted by molar-refractivity contribution is -0.0586. The van der Waals surface area contributed by atoms with Crippen molar-refractivity contribution >= 4 is 18.5 Å². The second-order valence-electron chi connectivity index (χ2n) is 4.63. The van der Waals surface area contributed by atoms with E-state index < -0.39 is 5.82 Å². The molecule has 0 radical (unpaired) electrons. The van der Waals surface area contributed by atoms with Gasteiger partial charge in [0, 0.05) is 23.5 Å². The summed E-state index contributed by atoms with van der Waals surface area (Å²) in [6.45, 7) is 4.99. The Morgan fingerprint density at radius 1 is 1.39 bits per heavy atom. The molecule has 3 nitrogen and oxygen atoms in total. The zero-order valence-corrected chi connectivity index (χ0v) is 11.3. The van der Waals surface area contributed by atoms with Crippen LogP contribution >= 0.6 is 12.6 Å². The molecule has 1 aliphatic heterocycles. The summed E-state index contributed by atoms with van der Waals surface area (Å²) in [4.78, 5) is 14.2. The number of rotatable bonds is 1. The van der Waals surface area contributed by atoms with Crippen LogP contribution < -0.4 is 0 Å². The zero-order valence-electron chi connectivity index (χ0n) is 10.4. The number of benzene rings is 1. The number of halogens is 1. The number of amides is 1. The Bertz CT molecular complexity index is 456. The molecule has 2 rings (SSSR count). The number of carbonyl (C=O) groups excluding carboxylic acids is 1. The molecular weight excluding hydrogens is 253 g/mol. The fourth-order valence-electron chi connectivity index (χ4n) is 2.17. The van der Waals surface area contributed by atoms with Crippen molar-refractivity contribution in [1.82, 2.24) is 4.90 Å². The lowest BCUT2D eigenvalue weighted by Gasteiger charge is -2.35. The fraction of sp³-hybridized carbons (Fsp3) is 0.462. The second kappa shape index (κ2) is 5.28. The molecule has 0 N–H and O–H groups in total. The highest BCUT2D eigenvalue weighted by Gasteiger charge is 2.26. The van der Waals surface area contributed by atoms with Crippen LogP contribution in [0.25, 0.3) is 0 Å². The third-order valence-electron chi connectivity index (χ3n) is 2.90. The molecule has 1 amide bonds. The van der Waals surface area contributed by atoms with Crippen molar-refractivity contribution in [2.24, 2.45) is 0 Å². The van der Waals surface area contributed by atoms with Crippen LogP contribution in [-0.4, -0.2) is 36.1 Å². The van der Waals surface area contributed by atoms with Gasteiger partial charge in [0.2, 0.25) is 0 Å². The second-order valence-corrected chi connectivity index (χ2v) is 5.12. The van der Waals surface area contributed by atoms with Crippen LogP contribution in [0.3, 0.4) is 0 Å². The summed E-state index contributed by atoms with van der Waals surface area (Å²) < 4.78 is 18.7. The molecule has 0 aromatic heterocycles. The molecule has 0 aliphatic carbocycles. The molecule has 2 unspecified atom stereocenters. The first-order valence-electron chi connectivity index (χ1n) is 5.90.